The van der Waals surface area contributed by atoms with Gasteiger partial charge in [-0.3, -0.25) is 14.0 Å². The highest BCUT2D eigenvalue weighted by Gasteiger charge is 2.39. The molecule has 3 aromatic heterocycles. The van der Waals surface area contributed by atoms with Crippen LogP contribution in [0.15, 0.2) is 152 Å². The molecule has 1 fully saturated rings. The molecule has 9 nitrogen and oxygen atoms in total. The van der Waals surface area contributed by atoms with Crippen LogP contribution in [0, 0.1) is 0 Å². The average Bonchev–Trinajstić information content (AvgIpc) is 3.88. The summed E-state index contributed by atoms with van der Waals surface area (Å²) >= 11 is 0. The van der Waals surface area contributed by atoms with E-state index in [-0.39, 0.29) is 0 Å². The molecule has 52 heavy (non-hydrogen) atoms. The number of aromatic nitrogens is 5. The Hall–Kier alpha value is -6.58. The van der Waals surface area contributed by atoms with Crippen LogP contribution < -0.4 is 10.6 Å². The Bertz CT molecular complexity index is 2440. The van der Waals surface area contributed by atoms with E-state index in [4.69, 9.17) is 25.5 Å². The number of para-hydroxylation sites is 1. The first-order chi connectivity index (χ1) is 25.6. The number of anilines is 1. The fraction of sp³-hybridized carbons (Fsp3) is 0.116. The normalized spacial score (nSPS) is 13.5. The van der Waals surface area contributed by atoms with Crippen molar-refractivity contribution in [3.8, 4) is 16.9 Å². The minimum atomic E-state index is -0.761. The van der Waals surface area contributed by atoms with E-state index in [1.54, 1.807) is 6.33 Å². The van der Waals surface area contributed by atoms with E-state index in [0.29, 0.717) is 24.3 Å². The Morgan fingerprint density at radius 2 is 1.37 bits per heavy atom. The second kappa shape index (κ2) is 12.9. The summed E-state index contributed by atoms with van der Waals surface area (Å²) in [5.41, 5.74) is 14.4. The number of ether oxygens (including phenoxy) is 1. The third-order valence-corrected chi connectivity index (χ3v) is 10.0. The number of rotatable bonds is 8. The van der Waals surface area contributed by atoms with Crippen molar-refractivity contribution >= 4 is 33.5 Å². The lowest BCUT2D eigenvalue weighted by Crippen LogP contribution is -2.38. The van der Waals surface area contributed by atoms with Gasteiger partial charge >= 0.3 is 0 Å². The number of morpholine rings is 1. The molecule has 9 rings (SSSR count). The molecule has 9 heteroatoms. The topological polar surface area (TPSA) is 104 Å². The first kappa shape index (κ1) is 31.4. The van der Waals surface area contributed by atoms with Gasteiger partial charge in [0.2, 0.25) is 0 Å². The molecule has 254 valence electrons. The minimum absolute atomic E-state index is 0.386. The van der Waals surface area contributed by atoms with E-state index in [9.17, 15) is 4.79 Å². The number of carbonyl (C=O) groups is 1. The van der Waals surface area contributed by atoms with Crippen molar-refractivity contribution in [3.63, 3.8) is 0 Å². The third-order valence-electron chi connectivity index (χ3n) is 10.0. The molecule has 0 spiro atoms. The van der Waals surface area contributed by atoms with Gasteiger partial charge in [-0.15, -0.1) is 0 Å². The molecule has 1 amide bonds. The summed E-state index contributed by atoms with van der Waals surface area (Å²) < 4.78 is 9.69. The average molecular weight is 682 g/mol. The van der Waals surface area contributed by atoms with Crippen molar-refractivity contribution in [2.75, 3.05) is 31.2 Å². The van der Waals surface area contributed by atoms with Crippen molar-refractivity contribution in [1.82, 2.24) is 24.3 Å². The Morgan fingerprint density at radius 1 is 0.750 bits per heavy atom. The summed E-state index contributed by atoms with van der Waals surface area (Å²) in [7, 11) is 0. The van der Waals surface area contributed by atoms with E-state index >= 15 is 0 Å². The fourth-order valence-corrected chi connectivity index (χ4v) is 7.56. The van der Waals surface area contributed by atoms with E-state index in [2.05, 4.69) is 107 Å². The molecule has 1 saturated heterocycles. The van der Waals surface area contributed by atoms with Gasteiger partial charge in [-0.05, 0) is 41.0 Å². The maximum Gasteiger partial charge on any atom is 0.251 e. The van der Waals surface area contributed by atoms with Crippen LogP contribution >= 0.6 is 0 Å². The number of primary amides is 1. The van der Waals surface area contributed by atoms with Crippen molar-refractivity contribution in [2.24, 2.45) is 5.73 Å². The summed E-state index contributed by atoms with van der Waals surface area (Å²) in [5.74, 6) is -0.517. The van der Waals surface area contributed by atoms with Gasteiger partial charge in [-0.1, -0.05) is 109 Å². The van der Waals surface area contributed by atoms with Crippen LogP contribution in [0.1, 0.15) is 27.0 Å². The molecule has 5 aromatic carbocycles. The summed E-state index contributed by atoms with van der Waals surface area (Å²) in [6.45, 7) is 2.69. The lowest BCUT2D eigenvalue weighted by molar-refractivity contribution is 0.100. The highest BCUT2D eigenvalue weighted by atomic mass is 16.5. The SMILES string of the molecule is NC(=O)c1cc(N2CCOCC2)cc2c1ncn2-c1cc(-c2cnn(C(c3ccccc3)(c3ccccc3)c3ccccc3)c2)nc2ccccc12. The Balaban J connectivity index is 1.25. The van der Waals surface area contributed by atoms with Crippen LogP contribution in [0.5, 0.6) is 0 Å². The van der Waals surface area contributed by atoms with Crippen molar-refractivity contribution < 1.29 is 9.53 Å². The minimum Gasteiger partial charge on any atom is -0.378 e. The Morgan fingerprint density at radius 3 is 2.00 bits per heavy atom. The Kier molecular flexibility index (Phi) is 7.82. The van der Waals surface area contributed by atoms with Gasteiger partial charge in [0.05, 0.1) is 47.4 Å². The van der Waals surface area contributed by atoms with E-state index in [0.717, 1.165) is 68.8 Å². The van der Waals surface area contributed by atoms with Crippen LogP contribution in [-0.4, -0.2) is 56.5 Å². The summed E-state index contributed by atoms with van der Waals surface area (Å²) in [6.07, 6.45) is 5.74. The molecule has 0 saturated carbocycles. The molecule has 0 atom stereocenters. The number of pyridine rings is 1. The lowest BCUT2D eigenvalue weighted by Gasteiger charge is -2.36. The van der Waals surface area contributed by atoms with Crippen LogP contribution in [0.2, 0.25) is 0 Å². The maximum absolute atomic E-state index is 12.7. The number of imidazole rings is 1. The molecule has 0 unspecified atom stereocenters. The van der Waals surface area contributed by atoms with Gasteiger partial charge in [0.1, 0.15) is 17.4 Å². The van der Waals surface area contributed by atoms with Crippen LogP contribution in [-0.2, 0) is 10.3 Å². The van der Waals surface area contributed by atoms with Crippen LogP contribution in [0.4, 0.5) is 5.69 Å². The molecule has 0 aliphatic carbocycles. The summed E-state index contributed by atoms with van der Waals surface area (Å²) in [5, 5.41) is 6.05. The molecule has 8 aromatic rings. The van der Waals surface area contributed by atoms with E-state index < -0.39 is 11.4 Å². The molecule has 0 bridgehead atoms. The van der Waals surface area contributed by atoms with Crippen LogP contribution in [0.25, 0.3) is 38.9 Å². The number of fused-ring (bicyclic) bond motifs is 2. The third kappa shape index (κ3) is 5.21. The standard InChI is InChI=1S/C43H35N7O2/c44-42(51)36-24-34(48-20-22-52-23-21-48)25-40-41(36)45-29-49(40)39-26-38(47-37-19-11-10-18-35(37)39)30-27-46-50(28-30)43(31-12-4-1-5-13-31,32-14-6-2-7-15-32)33-16-8-3-9-17-33/h1-19,24-29H,20-23H2,(H2,44,51). The maximum atomic E-state index is 12.7. The molecule has 4 heterocycles. The van der Waals surface area contributed by atoms with Gasteiger partial charge in [0, 0.05) is 35.9 Å². The zero-order valence-electron chi connectivity index (χ0n) is 28.3. The molecular weight excluding hydrogens is 647 g/mol. The highest BCUT2D eigenvalue weighted by molar-refractivity contribution is 6.06. The number of carbonyl (C=O) groups excluding carboxylic acids is 1. The van der Waals surface area contributed by atoms with Crippen molar-refractivity contribution in [3.05, 3.63) is 174 Å². The second-order valence-electron chi connectivity index (χ2n) is 13.0. The molecule has 1 aliphatic rings. The number of nitrogens with zero attached hydrogens (tertiary/aromatic N) is 6. The number of hydrogen-bond donors (Lipinski definition) is 1. The zero-order valence-corrected chi connectivity index (χ0v) is 28.3. The summed E-state index contributed by atoms with van der Waals surface area (Å²) in [6, 6.07) is 45.5. The van der Waals surface area contributed by atoms with Gasteiger partial charge in [0.15, 0.2) is 0 Å². The second-order valence-corrected chi connectivity index (χ2v) is 13.0. The Labute approximate surface area is 300 Å². The van der Waals surface area contributed by atoms with Gasteiger partial charge < -0.3 is 15.4 Å². The highest BCUT2D eigenvalue weighted by Crippen LogP contribution is 2.41. The largest absolute Gasteiger partial charge is 0.378 e. The monoisotopic (exact) mass is 681 g/mol. The van der Waals surface area contributed by atoms with Gasteiger partial charge in [-0.2, -0.15) is 5.10 Å². The summed E-state index contributed by atoms with van der Waals surface area (Å²) in [4.78, 5) is 24.9. The lowest BCUT2D eigenvalue weighted by atomic mass is 9.77. The molecular formula is C43H35N7O2. The predicted molar refractivity (Wildman–Crippen MR) is 204 cm³/mol. The number of benzene rings is 5. The van der Waals surface area contributed by atoms with Crippen molar-refractivity contribution in [2.45, 2.75) is 5.54 Å². The first-order valence-electron chi connectivity index (χ1n) is 17.4. The predicted octanol–water partition coefficient (Wildman–Crippen LogP) is 7.21. The van der Waals surface area contributed by atoms with E-state index in [1.165, 1.54) is 0 Å². The fourth-order valence-electron chi connectivity index (χ4n) is 7.56. The molecule has 2 N–H and O–H groups in total. The number of nitrogens with two attached hydrogens (primary N) is 1. The number of amides is 1. The quantitative estimate of drug-likeness (QED) is 0.170. The number of hydrogen-bond acceptors (Lipinski definition) is 6. The molecule has 1 aliphatic heterocycles. The van der Waals surface area contributed by atoms with Crippen LogP contribution in [0.3, 0.4) is 0 Å². The van der Waals surface area contributed by atoms with Gasteiger partial charge in [0.25, 0.3) is 5.91 Å². The molecule has 0 radical (unpaired) electrons. The zero-order chi connectivity index (χ0) is 35.1. The van der Waals surface area contributed by atoms with E-state index in [1.807, 2.05) is 53.2 Å². The first-order valence-corrected chi connectivity index (χ1v) is 17.4. The van der Waals surface area contributed by atoms with Gasteiger partial charge in [-0.25, -0.2) is 9.97 Å². The smallest absolute Gasteiger partial charge is 0.251 e. The van der Waals surface area contributed by atoms with Crippen molar-refractivity contribution in [1.29, 1.82) is 0 Å².